The minimum absolute atomic E-state index is 0.101. The zero-order valence-corrected chi connectivity index (χ0v) is 19.6. The predicted octanol–water partition coefficient (Wildman–Crippen LogP) is 6.06. The van der Waals surface area contributed by atoms with Crippen LogP contribution in [0.25, 0.3) is 10.2 Å². The first kappa shape index (κ1) is 21.9. The highest BCUT2D eigenvalue weighted by atomic mass is 35.5. The number of hydrogen-bond donors (Lipinski definition) is 0. The van der Waals surface area contributed by atoms with Crippen LogP contribution in [0.5, 0.6) is 0 Å². The van der Waals surface area contributed by atoms with Crippen LogP contribution in [0.15, 0.2) is 66.1 Å². The fourth-order valence-corrected chi connectivity index (χ4v) is 5.32. The van der Waals surface area contributed by atoms with Crippen LogP contribution in [0.1, 0.15) is 18.4 Å². The van der Waals surface area contributed by atoms with Gasteiger partial charge in [-0.25, -0.2) is 9.97 Å². The Hall–Kier alpha value is -2.35. The Balaban J connectivity index is 1.45. The molecule has 0 aliphatic rings. The van der Waals surface area contributed by atoms with Gasteiger partial charge >= 0.3 is 0 Å². The Morgan fingerprint density at radius 2 is 2.06 bits per heavy atom. The number of halogens is 1. The second-order valence-electron chi connectivity index (χ2n) is 7.17. The molecule has 0 aliphatic heterocycles. The molecule has 4 aromatic rings. The molecule has 0 saturated heterocycles. The van der Waals surface area contributed by atoms with E-state index in [1.165, 1.54) is 0 Å². The van der Waals surface area contributed by atoms with Crippen molar-refractivity contribution < 1.29 is 4.79 Å². The van der Waals surface area contributed by atoms with Crippen LogP contribution in [-0.2, 0) is 11.3 Å². The number of benzene rings is 2. The van der Waals surface area contributed by atoms with Gasteiger partial charge in [-0.1, -0.05) is 35.1 Å². The first-order valence-electron chi connectivity index (χ1n) is 10.1. The Bertz CT molecular complexity index is 1140. The van der Waals surface area contributed by atoms with Gasteiger partial charge in [0.1, 0.15) is 0 Å². The zero-order chi connectivity index (χ0) is 21.6. The molecule has 8 heteroatoms. The summed E-state index contributed by atoms with van der Waals surface area (Å²) in [5, 5.41) is 1.49. The third-order valence-corrected chi connectivity index (χ3v) is 7.21. The van der Waals surface area contributed by atoms with E-state index in [0.717, 1.165) is 43.8 Å². The van der Waals surface area contributed by atoms with Gasteiger partial charge in [-0.05, 0) is 49.2 Å². The lowest BCUT2D eigenvalue weighted by Gasteiger charge is -2.20. The first-order valence-corrected chi connectivity index (χ1v) is 12.3. The van der Waals surface area contributed by atoms with Crippen LogP contribution in [0.3, 0.4) is 0 Å². The van der Waals surface area contributed by atoms with E-state index < -0.39 is 0 Å². The number of rotatable bonds is 9. The molecule has 0 spiro atoms. The molecule has 160 valence electrons. The number of carbonyl (C=O) groups is 1. The van der Waals surface area contributed by atoms with E-state index in [0.29, 0.717) is 18.7 Å². The molecule has 2 heterocycles. The molecule has 31 heavy (non-hydrogen) atoms. The summed E-state index contributed by atoms with van der Waals surface area (Å²) < 4.78 is 3.14. The van der Waals surface area contributed by atoms with E-state index in [1.54, 1.807) is 35.6 Å². The van der Waals surface area contributed by atoms with Gasteiger partial charge in [0.2, 0.25) is 5.91 Å². The molecule has 0 saturated carbocycles. The fraction of sp³-hybridized carbons (Fsp3) is 0.261. The molecule has 2 aromatic carbocycles. The summed E-state index contributed by atoms with van der Waals surface area (Å²) in [6.07, 6.45) is 6.80. The van der Waals surface area contributed by atoms with Crippen LogP contribution in [0, 0.1) is 6.92 Å². The molecule has 0 radical (unpaired) electrons. The third-order valence-electron chi connectivity index (χ3n) is 4.90. The van der Waals surface area contributed by atoms with Gasteiger partial charge in [0.15, 0.2) is 5.13 Å². The lowest BCUT2D eigenvalue weighted by atomic mass is 10.2. The molecule has 0 unspecified atom stereocenters. The van der Waals surface area contributed by atoms with Crippen molar-refractivity contribution in [2.75, 3.05) is 17.2 Å². The second-order valence-corrected chi connectivity index (χ2v) is 9.78. The summed E-state index contributed by atoms with van der Waals surface area (Å²) in [4.78, 5) is 25.0. The molecule has 5 nitrogen and oxygen atoms in total. The van der Waals surface area contributed by atoms with Crippen LogP contribution >= 0.6 is 34.7 Å². The molecule has 0 N–H and O–H groups in total. The zero-order valence-electron chi connectivity index (χ0n) is 17.2. The fourth-order valence-electron chi connectivity index (χ4n) is 3.27. The quantitative estimate of drug-likeness (QED) is 0.279. The number of thiazole rings is 1. The number of nitrogens with zero attached hydrogens (tertiary/aromatic N) is 4. The number of fused-ring (bicyclic) bond motifs is 1. The predicted molar refractivity (Wildman–Crippen MR) is 130 cm³/mol. The van der Waals surface area contributed by atoms with E-state index in [2.05, 4.69) is 24.0 Å². The summed E-state index contributed by atoms with van der Waals surface area (Å²) in [6.45, 7) is 3.49. The number of anilines is 1. The highest BCUT2D eigenvalue weighted by Crippen LogP contribution is 2.31. The molecular weight excluding hydrogens is 448 g/mol. The average molecular weight is 471 g/mol. The highest BCUT2D eigenvalue weighted by Gasteiger charge is 2.20. The van der Waals surface area contributed by atoms with E-state index in [1.807, 2.05) is 46.0 Å². The van der Waals surface area contributed by atoms with Crippen LogP contribution < -0.4 is 4.90 Å². The SMILES string of the molecule is Cc1cccc2sc(N(CCCn3ccnc3)C(=O)CCSc3ccc(Cl)cc3)nc12. The Morgan fingerprint density at radius 1 is 1.23 bits per heavy atom. The molecular formula is C23H23ClN4OS2. The van der Waals surface area contributed by atoms with Crippen molar-refractivity contribution in [2.24, 2.45) is 0 Å². The maximum atomic E-state index is 13.2. The first-order chi connectivity index (χ1) is 15.1. The second kappa shape index (κ2) is 10.3. The molecule has 4 rings (SSSR count). The van der Waals surface area contributed by atoms with Gasteiger partial charge in [-0.15, -0.1) is 11.8 Å². The number of carbonyl (C=O) groups excluding carboxylic acids is 1. The van der Waals surface area contributed by atoms with Crippen LogP contribution in [0.4, 0.5) is 5.13 Å². The minimum Gasteiger partial charge on any atom is -0.337 e. The van der Waals surface area contributed by atoms with E-state index in [4.69, 9.17) is 16.6 Å². The van der Waals surface area contributed by atoms with Crippen LogP contribution in [-0.4, -0.2) is 32.7 Å². The molecule has 2 aromatic heterocycles. The summed E-state index contributed by atoms with van der Waals surface area (Å²) in [5.41, 5.74) is 2.11. The molecule has 0 aliphatic carbocycles. The molecule has 1 amide bonds. The lowest BCUT2D eigenvalue weighted by Crippen LogP contribution is -2.32. The van der Waals surface area contributed by atoms with E-state index in [9.17, 15) is 4.79 Å². The maximum Gasteiger partial charge on any atom is 0.229 e. The Labute approximate surface area is 195 Å². The van der Waals surface area contributed by atoms with Crippen molar-refractivity contribution >= 4 is 56.0 Å². The van der Waals surface area contributed by atoms with Crippen molar-refractivity contribution in [2.45, 2.75) is 31.2 Å². The number of aromatic nitrogens is 3. The summed E-state index contributed by atoms with van der Waals surface area (Å²) in [5.74, 6) is 0.811. The highest BCUT2D eigenvalue weighted by molar-refractivity contribution is 7.99. The van der Waals surface area contributed by atoms with Gasteiger partial charge in [0.05, 0.1) is 16.5 Å². The third kappa shape index (κ3) is 5.67. The number of para-hydroxylation sites is 1. The monoisotopic (exact) mass is 470 g/mol. The molecule has 0 atom stereocenters. The lowest BCUT2D eigenvalue weighted by molar-refractivity contribution is -0.118. The Morgan fingerprint density at radius 3 is 2.81 bits per heavy atom. The number of aryl methyl sites for hydroxylation is 2. The van der Waals surface area contributed by atoms with Gasteiger partial charge < -0.3 is 4.57 Å². The molecule has 0 bridgehead atoms. The van der Waals surface area contributed by atoms with E-state index in [-0.39, 0.29) is 5.91 Å². The van der Waals surface area contributed by atoms with Crippen molar-refractivity contribution in [3.8, 4) is 0 Å². The minimum atomic E-state index is 0.101. The van der Waals surface area contributed by atoms with Gasteiger partial charge in [0, 0.05) is 47.6 Å². The number of amides is 1. The smallest absolute Gasteiger partial charge is 0.229 e. The van der Waals surface area contributed by atoms with Gasteiger partial charge in [-0.2, -0.15) is 0 Å². The average Bonchev–Trinajstić information content (AvgIpc) is 3.43. The largest absolute Gasteiger partial charge is 0.337 e. The van der Waals surface area contributed by atoms with Gasteiger partial charge in [-0.3, -0.25) is 9.69 Å². The summed E-state index contributed by atoms with van der Waals surface area (Å²) in [6, 6.07) is 13.9. The molecule has 0 fully saturated rings. The number of imidazole rings is 1. The topological polar surface area (TPSA) is 51.0 Å². The number of hydrogen-bond acceptors (Lipinski definition) is 5. The maximum absolute atomic E-state index is 13.2. The van der Waals surface area contributed by atoms with Crippen molar-refractivity contribution in [3.63, 3.8) is 0 Å². The number of thioether (sulfide) groups is 1. The summed E-state index contributed by atoms with van der Waals surface area (Å²) in [7, 11) is 0. The normalized spacial score (nSPS) is 11.2. The summed E-state index contributed by atoms with van der Waals surface area (Å²) >= 11 is 9.20. The van der Waals surface area contributed by atoms with Crippen molar-refractivity contribution in [3.05, 3.63) is 71.8 Å². The van der Waals surface area contributed by atoms with Crippen LogP contribution in [0.2, 0.25) is 5.02 Å². The standard InChI is InChI=1S/C23H23ClN4OS2/c1-17-4-2-5-20-22(17)26-23(31-20)28(13-3-12-27-14-11-25-16-27)21(29)10-15-30-19-8-6-18(24)7-9-19/h2,4-9,11,14,16H,3,10,12-13,15H2,1H3. The van der Waals surface area contributed by atoms with Gasteiger partial charge in [0.25, 0.3) is 0 Å². The van der Waals surface area contributed by atoms with E-state index >= 15 is 0 Å². The Kier molecular flexibility index (Phi) is 7.27. The van der Waals surface area contributed by atoms with Crippen molar-refractivity contribution in [1.29, 1.82) is 0 Å². The van der Waals surface area contributed by atoms with Crippen molar-refractivity contribution in [1.82, 2.24) is 14.5 Å².